The summed E-state index contributed by atoms with van der Waals surface area (Å²) in [5.41, 5.74) is 1.21. The van der Waals surface area contributed by atoms with Crippen LogP contribution in [0.1, 0.15) is 25.3 Å². The van der Waals surface area contributed by atoms with Crippen molar-refractivity contribution in [1.82, 2.24) is 10.2 Å². The van der Waals surface area contributed by atoms with Crippen molar-refractivity contribution in [2.75, 3.05) is 19.8 Å². The Bertz CT molecular complexity index is 473. The average Bonchev–Trinajstić information content (AvgIpc) is 3.25. The second kappa shape index (κ2) is 6.58. The molecule has 21 heavy (non-hydrogen) atoms. The lowest BCUT2D eigenvalue weighted by Gasteiger charge is -2.28. The third-order valence-electron chi connectivity index (χ3n) is 4.33. The number of rotatable bonds is 6. The summed E-state index contributed by atoms with van der Waals surface area (Å²) in [5, 5.41) is 3.38. The molecule has 1 aliphatic carbocycles. The van der Waals surface area contributed by atoms with Gasteiger partial charge in [-0.25, -0.2) is 0 Å². The average molecular weight is 288 g/mol. The number of likely N-dealkylation sites (N-methyl/N-ethyl adjacent to an activating group) is 1. The molecular formula is C17H24N2O2. The highest BCUT2D eigenvalue weighted by Crippen LogP contribution is 2.31. The lowest BCUT2D eigenvalue weighted by Crippen LogP contribution is -2.46. The van der Waals surface area contributed by atoms with Gasteiger partial charge in [-0.2, -0.15) is 0 Å². The normalized spacial score (nSPS) is 25.0. The van der Waals surface area contributed by atoms with Crippen LogP contribution in [-0.2, 0) is 16.1 Å². The number of nitrogens with zero attached hydrogens (tertiary/aromatic N) is 1. The highest BCUT2D eigenvalue weighted by atomic mass is 16.5. The SMILES string of the molecule is CCNC1COCC1C(=O)N(Cc1ccccc1)C1CC1. The van der Waals surface area contributed by atoms with E-state index in [-0.39, 0.29) is 17.9 Å². The molecule has 1 aliphatic heterocycles. The van der Waals surface area contributed by atoms with Crippen molar-refractivity contribution in [1.29, 1.82) is 0 Å². The second-order valence-corrected chi connectivity index (χ2v) is 5.99. The van der Waals surface area contributed by atoms with Gasteiger partial charge in [-0.05, 0) is 24.9 Å². The Morgan fingerprint density at radius 2 is 2.05 bits per heavy atom. The first-order valence-corrected chi connectivity index (χ1v) is 7.95. The van der Waals surface area contributed by atoms with Gasteiger partial charge in [0.05, 0.1) is 19.1 Å². The highest BCUT2D eigenvalue weighted by molar-refractivity contribution is 5.80. The summed E-state index contributed by atoms with van der Waals surface area (Å²) >= 11 is 0. The maximum absolute atomic E-state index is 12.9. The number of amides is 1. The number of hydrogen-bond acceptors (Lipinski definition) is 3. The number of hydrogen-bond donors (Lipinski definition) is 1. The summed E-state index contributed by atoms with van der Waals surface area (Å²) in [5.74, 6) is 0.221. The molecule has 0 radical (unpaired) electrons. The fraction of sp³-hybridized carbons (Fsp3) is 0.588. The quantitative estimate of drug-likeness (QED) is 0.868. The van der Waals surface area contributed by atoms with Crippen LogP contribution < -0.4 is 5.32 Å². The molecule has 1 heterocycles. The number of carbonyl (C=O) groups excluding carboxylic acids is 1. The Kier molecular flexibility index (Phi) is 4.56. The van der Waals surface area contributed by atoms with Gasteiger partial charge < -0.3 is 15.0 Å². The molecule has 3 rings (SSSR count). The summed E-state index contributed by atoms with van der Waals surface area (Å²) in [6, 6.07) is 10.9. The predicted octanol–water partition coefficient (Wildman–Crippen LogP) is 1.80. The maximum atomic E-state index is 12.9. The minimum absolute atomic E-state index is 0.0331. The molecule has 0 bridgehead atoms. The molecule has 0 spiro atoms. The van der Waals surface area contributed by atoms with Crippen LogP contribution in [0.2, 0.25) is 0 Å². The lowest BCUT2D eigenvalue weighted by molar-refractivity contribution is -0.137. The van der Waals surface area contributed by atoms with Gasteiger partial charge >= 0.3 is 0 Å². The molecule has 1 amide bonds. The van der Waals surface area contributed by atoms with E-state index in [9.17, 15) is 4.79 Å². The largest absolute Gasteiger partial charge is 0.379 e. The van der Waals surface area contributed by atoms with Gasteiger partial charge in [0, 0.05) is 18.6 Å². The molecule has 1 N–H and O–H groups in total. The van der Waals surface area contributed by atoms with Gasteiger partial charge in [0.25, 0.3) is 0 Å². The van der Waals surface area contributed by atoms with Crippen LogP contribution >= 0.6 is 0 Å². The van der Waals surface area contributed by atoms with E-state index in [0.29, 0.717) is 19.3 Å². The molecule has 0 aromatic heterocycles. The van der Waals surface area contributed by atoms with Crippen LogP contribution in [0.4, 0.5) is 0 Å². The van der Waals surface area contributed by atoms with Gasteiger partial charge in [0.1, 0.15) is 0 Å². The zero-order valence-electron chi connectivity index (χ0n) is 12.6. The first kappa shape index (κ1) is 14.5. The topological polar surface area (TPSA) is 41.6 Å². The molecule has 2 atom stereocenters. The van der Waals surface area contributed by atoms with Crippen LogP contribution in [0.3, 0.4) is 0 Å². The Hall–Kier alpha value is -1.39. The molecular weight excluding hydrogens is 264 g/mol. The minimum atomic E-state index is -0.0331. The zero-order chi connectivity index (χ0) is 14.7. The lowest BCUT2D eigenvalue weighted by atomic mass is 10.0. The van der Waals surface area contributed by atoms with Crippen molar-refractivity contribution < 1.29 is 9.53 Å². The van der Waals surface area contributed by atoms with Gasteiger partial charge in [0.15, 0.2) is 0 Å². The van der Waals surface area contributed by atoms with Crippen LogP contribution in [0.5, 0.6) is 0 Å². The van der Waals surface area contributed by atoms with Crippen molar-refractivity contribution in [2.45, 2.75) is 38.4 Å². The molecule has 2 unspecified atom stereocenters. The van der Waals surface area contributed by atoms with Crippen LogP contribution in [-0.4, -0.2) is 42.6 Å². The van der Waals surface area contributed by atoms with Crippen molar-refractivity contribution in [2.24, 2.45) is 5.92 Å². The van der Waals surface area contributed by atoms with Crippen molar-refractivity contribution in [3.05, 3.63) is 35.9 Å². The van der Waals surface area contributed by atoms with Gasteiger partial charge in [-0.15, -0.1) is 0 Å². The Labute approximate surface area is 126 Å². The standard InChI is InChI=1S/C17H24N2O2/c1-2-18-16-12-21-11-15(16)17(20)19(14-8-9-14)10-13-6-4-3-5-7-13/h3-7,14-16,18H,2,8-12H2,1H3. The minimum Gasteiger partial charge on any atom is -0.379 e. The highest BCUT2D eigenvalue weighted by Gasteiger charge is 2.40. The summed E-state index contributed by atoms with van der Waals surface area (Å²) < 4.78 is 5.53. The Balaban J connectivity index is 1.70. The number of carbonyl (C=O) groups is 1. The van der Waals surface area contributed by atoms with Crippen molar-refractivity contribution in [3.63, 3.8) is 0 Å². The van der Waals surface area contributed by atoms with E-state index in [1.54, 1.807) is 0 Å². The predicted molar refractivity (Wildman–Crippen MR) is 81.8 cm³/mol. The van der Waals surface area contributed by atoms with E-state index in [4.69, 9.17) is 4.74 Å². The number of benzene rings is 1. The van der Waals surface area contributed by atoms with Crippen molar-refractivity contribution in [3.8, 4) is 0 Å². The van der Waals surface area contributed by atoms with Crippen LogP contribution in [0, 0.1) is 5.92 Å². The molecule has 1 aromatic carbocycles. The van der Waals surface area contributed by atoms with E-state index in [1.807, 2.05) is 18.2 Å². The monoisotopic (exact) mass is 288 g/mol. The molecule has 4 heteroatoms. The molecule has 1 saturated carbocycles. The van der Waals surface area contributed by atoms with Gasteiger partial charge in [-0.3, -0.25) is 4.79 Å². The fourth-order valence-electron chi connectivity index (χ4n) is 3.03. The van der Waals surface area contributed by atoms with E-state index in [0.717, 1.165) is 25.9 Å². The molecule has 1 saturated heterocycles. The Morgan fingerprint density at radius 1 is 1.29 bits per heavy atom. The Morgan fingerprint density at radius 3 is 2.71 bits per heavy atom. The number of ether oxygens (including phenoxy) is 1. The van der Waals surface area contributed by atoms with Gasteiger partial charge in [-0.1, -0.05) is 37.3 Å². The summed E-state index contributed by atoms with van der Waals surface area (Å²) in [4.78, 5) is 15.0. The first-order chi connectivity index (χ1) is 10.3. The molecule has 2 aliphatic rings. The van der Waals surface area contributed by atoms with Gasteiger partial charge in [0.2, 0.25) is 5.91 Å². The first-order valence-electron chi connectivity index (χ1n) is 7.95. The van der Waals surface area contributed by atoms with Crippen LogP contribution in [0.25, 0.3) is 0 Å². The smallest absolute Gasteiger partial charge is 0.230 e. The molecule has 2 fully saturated rings. The summed E-state index contributed by atoms with van der Waals surface area (Å²) in [6.45, 7) is 4.87. The fourth-order valence-corrected chi connectivity index (χ4v) is 3.03. The summed E-state index contributed by atoms with van der Waals surface area (Å²) in [7, 11) is 0. The maximum Gasteiger partial charge on any atom is 0.230 e. The second-order valence-electron chi connectivity index (χ2n) is 5.99. The summed E-state index contributed by atoms with van der Waals surface area (Å²) in [6.07, 6.45) is 2.27. The van der Waals surface area contributed by atoms with E-state index >= 15 is 0 Å². The third-order valence-corrected chi connectivity index (χ3v) is 4.33. The zero-order valence-corrected chi connectivity index (χ0v) is 12.6. The van der Waals surface area contributed by atoms with E-state index in [2.05, 4.69) is 29.3 Å². The van der Waals surface area contributed by atoms with E-state index in [1.165, 1.54) is 5.56 Å². The molecule has 1 aromatic rings. The molecule has 114 valence electrons. The number of nitrogens with one attached hydrogen (secondary N) is 1. The van der Waals surface area contributed by atoms with E-state index < -0.39 is 0 Å². The van der Waals surface area contributed by atoms with Crippen LogP contribution in [0.15, 0.2) is 30.3 Å². The van der Waals surface area contributed by atoms with Crippen molar-refractivity contribution >= 4 is 5.91 Å². The third kappa shape index (κ3) is 3.44. The molecule has 4 nitrogen and oxygen atoms in total.